The third-order valence-electron chi connectivity index (χ3n) is 2.99. The number of rotatable bonds is 5. The standard InChI is InChI=1S/C15H21ClFNO/c1-9(2)14(19)11(8-15(3,4)18)10-5-6-12(16)13(17)7-10/h5-7,9,11H,8,18H2,1-4H3/t11-/m1/s1. The summed E-state index contributed by atoms with van der Waals surface area (Å²) in [6, 6.07) is 4.51. The molecule has 106 valence electrons. The minimum atomic E-state index is -0.504. The van der Waals surface area contributed by atoms with E-state index in [9.17, 15) is 9.18 Å². The van der Waals surface area contributed by atoms with Gasteiger partial charge in [-0.25, -0.2) is 4.39 Å². The van der Waals surface area contributed by atoms with E-state index >= 15 is 0 Å². The van der Waals surface area contributed by atoms with E-state index in [-0.39, 0.29) is 16.7 Å². The highest BCUT2D eigenvalue weighted by atomic mass is 35.5. The van der Waals surface area contributed by atoms with E-state index in [1.165, 1.54) is 12.1 Å². The van der Waals surface area contributed by atoms with Gasteiger partial charge in [0.05, 0.1) is 5.02 Å². The molecule has 0 amide bonds. The van der Waals surface area contributed by atoms with Crippen LogP contribution in [0.25, 0.3) is 0 Å². The SMILES string of the molecule is CC(C)C(=O)[C@H](CC(C)(C)N)c1ccc(Cl)c(F)c1. The maximum atomic E-state index is 13.6. The predicted octanol–water partition coefficient (Wildman–Crippen LogP) is 3.92. The Kier molecular flexibility index (Phi) is 5.11. The second-order valence-corrected chi connectivity index (χ2v) is 6.38. The van der Waals surface area contributed by atoms with Crippen molar-refractivity contribution in [2.45, 2.75) is 45.6 Å². The molecule has 0 aliphatic heterocycles. The fourth-order valence-corrected chi connectivity index (χ4v) is 2.16. The van der Waals surface area contributed by atoms with Crippen LogP contribution >= 0.6 is 11.6 Å². The molecule has 1 atom stereocenters. The summed E-state index contributed by atoms with van der Waals surface area (Å²) in [6.07, 6.45) is 0.477. The number of halogens is 2. The fraction of sp³-hybridized carbons (Fsp3) is 0.533. The quantitative estimate of drug-likeness (QED) is 0.891. The maximum Gasteiger partial charge on any atom is 0.142 e. The first-order valence-electron chi connectivity index (χ1n) is 6.39. The molecule has 0 heterocycles. The summed E-state index contributed by atoms with van der Waals surface area (Å²) in [5.41, 5.74) is 6.15. The van der Waals surface area contributed by atoms with E-state index < -0.39 is 17.3 Å². The highest BCUT2D eigenvalue weighted by Crippen LogP contribution is 2.30. The van der Waals surface area contributed by atoms with Crippen molar-refractivity contribution in [2.24, 2.45) is 11.7 Å². The Morgan fingerprint density at radius 2 is 2.00 bits per heavy atom. The van der Waals surface area contributed by atoms with Gasteiger partial charge in [0, 0.05) is 17.4 Å². The van der Waals surface area contributed by atoms with Gasteiger partial charge in [0.25, 0.3) is 0 Å². The van der Waals surface area contributed by atoms with Crippen LogP contribution in [0.1, 0.15) is 45.6 Å². The van der Waals surface area contributed by atoms with E-state index in [1.807, 2.05) is 27.7 Å². The van der Waals surface area contributed by atoms with E-state index in [0.29, 0.717) is 12.0 Å². The molecule has 1 aromatic carbocycles. The minimum Gasteiger partial charge on any atom is -0.326 e. The van der Waals surface area contributed by atoms with Crippen LogP contribution in [0.15, 0.2) is 18.2 Å². The molecule has 0 saturated carbocycles. The summed E-state index contributed by atoms with van der Waals surface area (Å²) < 4.78 is 13.6. The van der Waals surface area contributed by atoms with Gasteiger partial charge in [0.15, 0.2) is 0 Å². The van der Waals surface area contributed by atoms with Crippen molar-refractivity contribution >= 4 is 17.4 Å². The van der Waals surface area contributed by atoms with Crippen LogP contribution in [-0.4, -0.2) is 11.3 Å². The lowest BCUT2D eigenvalue weighted by Crippen LogP contribution is -2.36. The van der Waals surface area contributed by atoms with E-state index in [0.717, 1.165) is 0 Å². The fourth-order valence-electron chi connectivity index (χ4n) is 2.04. The van der Waals surface area contributed by atoms with E-state index in [1.54, 1.807) is 6.07 Å². The zero-order valence-corrected chi connectivity index (χ0v) is 12.6. The van der Waals surface area contributed by atoms with Gasteiger partial charge in [-0.05, 0) is 38.0 Å². The average molecular weight is 286 g/mol. The number of carbonyl (C=O) groups excluding carboxylic acids is 1. The van der Waals surface area contributed by atoms with Crippen LogP contribution in [0.2, 0.25) is 5.02 Å². The van der Waals surface area contributed by atoms with E-state index in [4.69, 9.17) is 17.3 Å². The highest BCUT2D eigenvalue weighted by molar-refractivity contribution is 6.30. The molecule has 0 saturated heterocycles. The first-order valence-corrected chi connectivity index (χ1v) is 6.77. The molecule has 0 unspecified atom stereocenters. The zero-order valence-electron chi connectivity index (χ0n) is 11.8. The number of ketones is 1. The molecule has 1 aromatic rings. The molecule has 2 nitrogen and oxygen atoms in total. The van der Waals surface area contributed by atoms with Crippen LogP contribution in [0, 0.1) is 11.7 Å². The van der Waals surface area contributed by atoms with Gasteiger partial charge in [0.1, 0.15) is 11.6 Å². The molecule has 4 heteroatoms. The third-order valence-corrected chi connectivity index (χ3v) is 3.30. The summed E-state index contributed by atoms with van der Waals surface area (Å²) in [5.74, 6) is -0.950. The Balaban J connectivity index is 3.15. The second-order valence-electron chi connectivity index (χ2n) is 5.98. The molecule has 1 rings (SSSR count). The summed E-state index contributed by atoms with van der Waals surface area (Å²) >= 11 is 5.68. The number of nitrogens with two attached hydrogens (primary N) is 1. The zero-order chi connectivity index (χ0) is 14.8. The second kappa shape index (κ2) is 6.02. The van der Waals surface area contributed by atoms with Gasteiger partial charge in [-0.15, -0.1) is 0 Å². The highest BCUT2D eigenvalue weighted by Gasteiger charge is 2.28. The maximum absolute atomic E-state index is 13.6. The van der Waals surface area contributed by atoms with Crippen LogP contribution < -0.4 is 5.73 Å². The van der Waals surface area contributed by atoms with Gasteiger partial charge in [-0.2, -0.15) is 0 Å². The lowest BCUT2D eigenvalue weighted by molar-refractivity contribution is -0.123. The van der Waals surface area contributed by atoms with Crippen molar-refractivity contribution in [1.29, 1.82) is 0 Å². The van der Waals surface area contributed by atoms with Crippen molar-refractivity contribution < 1.29 is 9.18 Å². The normalized spacial score (nSPS) is 13.7. The third kappa shape index (κ3) is 4.59. The largest absolute Gasteiger partial charge is 0.326 e. The van der Waals surface area contributed by atoms with Crippen molar-refractivity contribution in [1.82, 2.24) is 0 Å². The van der Waals surface area contributed by atoms with Crippen LogP contribution in [0.4, 0.5) is 4.39 Å². The summed E-state index contributed by atoms with van der Waals surface area (Å²) in [7, 11) is 0. The molecule has 19 heavy (non-hydrogen) atoms. The smallest absolute Gasteiger partial charge is 0.142 e. The Bertz CT molecular complexity index is 466. The Morgan fingerprint density at radius 3 is 2.42 bits per heavy atom. The van der Waals surface area contributed by atoms with Crippen LogP contribution in [0.5, 0.6) is 0 Å². The molecule has 0 aromatic heterocycles. The molecule has 0 radical (unpaired) electrons. The Morgan fingerprint density at radius 1 is 1.42 bits per heavy atom. The average Bonchev–Trinajstić information content (AvgIpc) is 2.27. The van der Waals surface area contributed by atoms with Crippen LogP contribution in [0.3, 0.4) is 0 Å². The molecule has 0 aliphatic carbocycles. The number of Topliss-reactive ketones (excluding diaryl/α,β-unsaturated/α-hetero) is 1. The summed E-state index contributed by atoms with van der Waals surface area (Å²) in [6.45, 7) is 7.40. The van der Waals surface area contributed by atoms with Gasteiger partial charge in [0.2, 0.25) is 0 Å². The minimum absolute atomic E-state index is 0.0616. The lowest BCUT2D eigenvalue weighted by atomic mass is 9.80. The monoisotopic (exact) mass is 285 g/mol. The van der Waals surface area contributed by atoms with Gasteiger partial charge < -0.3 is 5.73 Å². The molecule has 2 N–H and O–H groups in total. The van der Waals surface area contributed by atoms with E-state index in [2.05, 4.69) is 0 Å². The number of hydrogen-bond donors (Lipinski definition) is 1. The van der Waals surface area contributed by atoms with Crippen molar-refractivity contribution in [3.8, 4) is 0 Å². The molecule has 0 bridgehead atoms. The topological polar surface area (TPSA) is 43.1 Å². The van der Waals surface area contributed by atoms with Crippen molar-refractivity contribution in [2.75, 3.05) is 0 Å². The summed E-state index contributed by atoms with van der Waals surface area (Å²) in [5, 5.41) is 0.0616. The molecular formula is C15H21ClFNO. The first-order chi connectivity index (χ1) is 8.61. The molecule has 0 fully saturated rings. The Labute approximate surface area is 119 Å². The number of hydrogen-bond acceptors (Lipinski definition) is 2. The summed E-state index contributed by atoms with van der Waals surface area (Å²) in [4.78, 5) is 12.3. The van der Waals surface area contributed by atoms with Gasteiger partial charge in [-0.1, -0.05) is 31.5 Å². The van der Waals surface area contributed by atoms with Gasteiger partial charge >= 0.3 is 0 Å². The Hall–Kier alpha value is -0.930. The van der Waals surface area contributed by atoms with Crippen molar-refractivity contribution in [3.05, 3.63) is 34.6 Å². The molecule has 0 spiro atoms. The predicted molar refractivity (Wildman–Crippen MR) is 76.9 cm³/mol. The lowest BCUT2D eigenvalue weighted by Gasteiger charge is -2.26. The first kappa shape index (κ1) is 16.1. The van der Waals surface area contributed by atoms with Crippen molar-refractivity contribution in [3.63, 3.8) is 0 Å². The van der Waals surface area contributed by atoms with Crippen LogP contribution in [-0.2, 0) is 4.79 Å². The van der Waals surface area contributed by atoms with Gasteiger partial charge in [-0.3, -0.25) is 4.79 Å². The number of benzene rings is 1. The number of carbonyl (C=O) groups is 1. The molecular weight excluding hydrogens is 265 g/mol. The molecule has 0 aliphatic rings.